The molecular formula is C17H21F3N2O2. The van der Waals surface area contributed by atoms with Gasteiger partial charge in [0, 0.05) is 17.3 Å². The molecule has 1 atom stereocenters. The van der Waals surface area contributed by atoms with Crippen molar-refractivity contribution >= 4 is 11.8 Å². The molecule has 132 valence electrons. The van der Waals surface area contributed by atoms with E-state index in [4.69, 9.17) is 0 Å². The van der Waals surface area contributed by atoms with Gasteiger partial charge >= 0.3 is 6.18 Å². The van der Waals surface area contributed by atoms with Crippen molar-refractivity contribution in [2.75, 3.05) is 0 Å². The number of hydrogen-bond donors (Lipinski definition) is 1. The highest BCUT2D eigenvalue weighted by Gasteiger charge is 2.34. The minimum Gasteiger partial charge on any atom is -0.292 e. The van der Waals surface area contributed by atoms with Gasteiger partial charge in [0.1, 0.15) is 0 Å². The first-order valence-electron chi connectivity index (χ1n) is 7.47. The van der Waals surface area contributed by atoms with Gasteiger partial charge < -0.3 is 0 Å². The summed E-state index contributed by atoms with van der Waals surface area (Å²) in [5.74, 6) is -1.25. The molecule has 0 saturated heterocycles. The van der Waals surface area contributed by atoms with Crippen LogP contribution in [0.4, 0.5) is 13.2 Å². The zero-order valence-corrected chi connectivity index (χ0v) is 14.1. The van der Waals surface area contributed by atoms with E-state index in [2.05, 4.69) is 12.0 Å². The number of nitrogens with zero attached hydrogens (tertiary/aromatic N) is 1. The van der Waals surface area contributed by atoms with E-state index in [9.17, 15) is 22.8 Å². The molecule has 1 N–H and O–H groups in total. The second-order valence-corrected chi connectivity index (χ2v) is 5.71. The highest BCUT2D eigenvalue weighted by atomic mass is 19.4. The van der Waals surface area contributed by atoms with E-state index >= 15 is 0 Å². The number of hydrogen-bond acceptors (Lipinski definition) is 3. The summed E-state index contributed by atoms with van der Waals surface area (Å²) < 4.78 is 38.9. The van der Waals surface area contributed by atoms with Gasteiger partial charge in [-0.05, 0) is 43.9 Å². The van der Waals surface area contributed by atoms with Crippen LogP contribution in [0, 0.1) is 5.92 Å². The summed E-state index contributed by atoms with van der Waals surface area (Å²) in [6.45, 7) is 9.74. The third-order valence-electron chi connectivity index (χ3n) is 3.68. The molecular weight excluding hydrogens is 321 g/mol. The third-order valence-corrected chi connectivity index (χ3v) is 3.68. The molecule has 1 aliphatic heterocycles. The van der Waals surface area contributed by atoms with Crippen molar-refractivity contribution < 1.29 is 22.8 Å². The minimum absolute atomic E-state index is 0.118. The molecule has 1 aliphatic rings. The standard InChI is InChI=1S/C17H21F3N2O2/c1-6-11(4)14(8-7-13(10(2)3)17(18,19)20)21-22-15(23)9-12(5)16(22)24/h7-9,11,21H,2,6H2,1,3-5H3/b13-7+,14-8+. The lowest BCUT2D eigenvalue weighted by atomic mass is 10.0. The molecule has 2 amide bonds. The van der Waals surface area contributed by atoms with Gasteiger partial charge in [0.15, 0.2) is 0 Å². The molecule has 0 bridgehead atoms. The Morgan fingerprint density at radius 3 is 2.33 bits per heavy atom. The van der Waals surface area contributed by atoms with Gasteiger partial charge in [-0.3, -0.25) is 15.0 Å². The first-order valence-corrected chi connectivity index (χ1v) is 7.47. The summed E-state index contributed by atoms with van der Waals surface area (Å²) in [5.41, 5.74) is 2.27. The predicted molar refractivity (Wildman–Crippen MR) is 85.2 cm³/mol. The maximum Gasteiger partial charge on any atom is 0.416 e. The van der Waals surface area contributed by atoms with Gasteiger partial charge in [-0.2, -0.15) is 18.2 Å². The topological polar surface area (TPSA) is 49.4 Å². The first kappa shape index (κ1) is 19.7. The highest BCUT2D eigenvalue weighted by Crippen LogP contribution is 2.30. The van der Waals surface area contributed by atoms with E-state index in [1.54, 1.807) is 6.92 Å². The van der Waals surface area contributed by atoms with Gasteiger partial charge in [-0.15, -0.1) is 0 Å². The minimum atomic E-state index is -4.53. The second-order valence-electron chi connectivity index (χ2n) is 5.71. The molecule has 1 rings (SSSR count). The normalized spacial score (nSPS) is 18.0. The van der Waals surface area contributed by atoms with Gasteiger partial charge in [-0.1, -0.05) is 20.4 Å². The number of carbonyl (C=O) groups is 2. The number of amides is 2. The van der Waals surface area contributed by atoms with E-state index in [1.807, 2.05) is 6.92 Å². The van der Waals surface area contributed by atoms with Crippen LogP contribution in [0.25, 0.3) is 0 Å². The van der Waals surface area contributed by atoms with Crippen molar-refractivity contribution in [3.05, 3.63) is 47.2 Å². The van der Waals surface area contributed by atoms with Crippen LogP contribution in [0.15, 0.2) is 47.2 Å². The van der Waals surface area contributed by atoms with Crippen molar-refractivity contribution in [3.8, 4) is 0 Å². The maximum atomic E-state index is 13.0. The Morgan fingerprint density at radius 1 is 1.38 bits per heavy atom. The van der Waals surface area contributed by atoms with Gasteiger partial charge in [-0.25, -0.2) is 0 Å². The van der Waals surface area contributed by atoms with E-state index in [1.165, 1.54) is 26.0 Å². The van der Waals surface area contributed by atoms with Crippen LogP contribution < -0.4 is 5.43 Å². The molecule has 0 spiro atoms. The number of alkyl halides is 3. The van der Waals surface area contributed by atoms with Gasteiger partial charge in [0.05, 0.1) is 5.57 Å². The van der Waals surface area contributed by atoms with E-state index < -0.39 is 23.6 Å². The fraction of sp³-hybridized carbons (Fsp3) is 0.412. The SMILES string of the molecule is C=C(C)/C(=C\C=C(\NN1C(=O)C=C(C)C1=O)C(C)CC)C(F)(F)F. The number of halogens is 3. The summed E-state index contributed by atoms with van der Waals surface area (Å²) in [6, 6.07) is 0. The Bertz CT molecular complexity index is 643. The van der Waals surface area contributed by atoms with Crippen molar-refractivity contribution in [3.63, 3.8) is 0 Å². The average Bonchev–Trinajstić information content (AvgIpc) is 2.69. The summed E-state index contributed by atoms with van der Waals surface area (Å²) in [7, 11) is 0. The third kappa shape index (κ3) is 4.59. The molecule has 4 nitrogen and oxygen atoms in total. The Labute approximate surface area is 139 Å². The molecule has 7 heteroatoms. The zero-order valence-electron chi connectivity index (χ0n) is 14.1. The molecule has 1 unspecified atom stereocenters. The van der Waals surface area contributed by atoms with Crippen LogP contribution in [0.2, 0.25) is 0 Å². The summed E-state index contributed by atoms with van der Waals surface area (Å²) in [6.07, 6.45) is -0.597. The summed E-state index contributed by atoms with van der Waals surface area (Å²) >= 11 is 0. The molecule has 0 aromatic heterocycles. The van der Waals surface area contributed by atoms with Gasteiger partial charge in [0.25, 0.3) is 11.8 Å². The largest absolute Gasteiger partial charge is 0.416 e. The van der Waals surface area contributed by atoms with Crippen molar-refractivity contribution in [2.24, 2.45) is 5.92 Å². The van der Waals surface area contributed by atoms with E-state index in [0.29, 0.717) is 12.1 Å². The van der Waals surface area contributed by atoms with Crippen molar-refractivity contribution in [1.29, 1.82) is 0 Å². The number of allylic oxidation sites excluding steroid dienone is 5. The lowest BCUT2D eigenvalue weighted by Crippen LogP contribution is -2.43. The molecule has 0 saturated carbocycles. The quantitative estimate of drug-likeness (QED) is 0.590. The lowest BCUT2D eigenvalue weighted by molar-refractivity contribution is -0.140. The Balaban J connectivity index is 3.17. The van der Waals surface area contributed by atoms with Crippen LogP contribution in [-0.2, 0) is 9.59 Å². The predicted octanol–water partition coefficient (Wildman–Crippen LogP) is 3.80. The molecule has 0 aromatic carbocycles. The fourth-order valence-corrected chi connectivity index (χ4v) is 2.01. The maximum absolute atomic E-state index is 13.0. The summed E-state index contributed by atoms with van der Waals surface area (Å²) in [5, 5.41) is 0.801. The summed E-state index contributed by atoms with van der Waals surface area (Å²) in [4.78, 5) is 23.7. The van der Waals surface area contributed by atoms with Crippen LogP contribution in [0.3, 0.4) is 0 Å². The monoisotopic (exact) mass is 342 g/mol. The number of hydrazine groups is 1. The van der Waals surface area contributed by atoms with Crippen LogP contribution in [-0.4, -0.2) is 23.0 Å². The Hall–Kier alpha value is -2.31. The van der Waals surface area contributed by atoms with Crippen LogP contribution in [0.1, 0.15) is 34.1 Å². The fourth-order valence-electron chi connectivity index (χ4n) is 2.01. The number of imide groups is 1. The first-order chi connectivity index (χ1) is 11.0. The molecule has 0 fully saturated rings. The zero-order chi connectivity index (χ0) is 18.7. The molecule has 0 aliphatic carbocycles. The smallest absolute Gasteiger partial charge is 0.292 e. The molecule has 1 heterocycles. The van der Waals surface area contributed by atoms with Crippen molar-refractivity contribution in [2.45, 2.75) is 40.3 Å². The number of carbonyl (C=O) groups excluding carboxylic acids is 2. The van der Waals surface area contributed by atoms with Gasteiger partial charge in [0.2, 0.25) is 0 Å². The Kier molecular flexibility index (Phi) is 6.17. The molecule has 0 radical (unpaired) electrons. The number of nitrogens with one attached hydrogen (secondary N) is 1. The molecule has 0 aromatic rings. The van der Waals surface area contributed by atoms with Crippen LogP contribution in [0.5, 0.6) is 0 Å². The Morgan fingerprint density at radius 2 is 1.96 bits per heavy atom. The lowest BCUT2D eigenvalue weighted by Gasteiger charge is -2.23. The van der Waals surface area contributed by atoms with Crippen molar-refractivity contribution in [1.82, 2.24) is 10.4 Å². The molecule has 24 heavy (non-hydrogen) atoms. The highest BCUT2D eigenvalue weighted by molar-refractivity contribution is 6.15. The average molecular weight is 342 g/mol. The van der Waals surface area contributed by atoms with E-state index in [-0.39, 0.29) is 17.1 Å². The second kappa shape index (κ2) is 7.51. The number of rotatable bonds is 6. The van der Waals surface area contributed by atoms with E-state index in [0.717, 1.165) is 11.1 Å². The van der Waals surface area contributed by atoms with Crippen LogP contribution >= 0.6 is 0 Å².